The van der Waals surface area contributed by atoms with Crippen LogP contribution in [0.25, 0.3) is 0 Å². The smallest absolute Gasteiger partial charge is 0.241 e. The molecule has 0 spiro atoms. The van der Waals surface area contributed by atoms with Crippen LogP contribution in [0, 0.1) is 0 Å². The predicted molar refractivity (Wildman–Crippen MR) is 84.4 cm³/mol. The first-order valence-corrected chi connectivity index (χ1v) is 8.48. The Bertz CT molecular complexity index is 837. The van der Waals surface area contributed by atoms with Gasteiger partial charge < -0.3 is 11.1 Å². The molecule has 3 N–H and O–H groups in total. The highest BCUT2D eigenvalue weighted by Gasteiger charge is 2.45. The van der Waals surface area contributed by atoms with E-state index in [9.17, 15) is 13.2 Å². The van der Waals surface area contributed by atoms with E-state index in [0.717, 1.165) is 0 Å². The first-order valence-electron chi connectivity index (χ1n) is 6.55. The van der Waals surface area contributed by atoms with Gasteiger partial charge in [0.25, 0.3) is 0 Å². The van der Waals surface area contributed by atoms with Gasteiger partial charge in [-0.3, -0.25) is 4.79 Å². The number of carbonyl (C=O) groups excluding carboxylic acids is 1. The summed E-state index contributed by atoms with van der Waals surface area (Å²) in [5.74, 6) is -0.725. The summed E-state index contributed by atoms with van der Waals surface area (Å²) in [6.45, 7) is 0. The van der Waals surface area contributed by atoms with Crippen molar-refractivity contribution < 1.29 is 13.2 Å². The first-order chi connectivity index (χ1) is 10.4. The number of hydrogen-bond acceptors (Lipinski definition) is 4. The number of hydrogen-bond donors (Lipinski definition) is 2. The normalized spacial score (nSPS) is 20.2. The van der Waals surface area contributed by atoms with Crippen molar-refractivity contribution in [2.24, 2.45) is 5.73 Å². The third kappa shape index (κ3) is 2.34. The molecule has 2 aromatic rings. The Balaban J connectivity index is 2.19. The molecule has 1 amide bonds. The van der Waals surface area contributed by atoms with Gasteiger partial charge in [-0.2, -0.15) is 0 Å². The third-order valence-electron chi connectivity index (χ3n) is 3.65. The zero-order valence-corrected chi connectivity index (χ0v) is 12.9. The van der Waals surface area contributed by atoms with Crippen LogP contribution in [-0.2, 0) is 14.6 Å². The molecular formula is C15H13ClN2O3S. The van der Waals surface area contributed by atoms with E-state index in [2.05, 4.69) is 5.32 Å². The Morgan fingerprint density at radius 2 is 1.82 bits per heavy atom. The molecule has 0 saturated heterocycles. The minimum atomic E-state index is -3.79. The Hall–Kier alpha value is -2.05. The number of nitrogens with two attached hydrogens (primary N) is 1. The number of rotatable bonds is 3. The van der Waals surface area contributed by atoms with Crippen LogP contribution in [0.2, 0.25) is 5.02 Å². The Morgan fingerprint density at radius 1 is 1.14 bits per heavy atom. The molecule has 22 heavy (non-hydrogen) atoms. The minimum Gasteiger partial charge on any atom is -0.372 e. The summed E-state index contributed by atoms with van der Waals surface area (Å²) < 4.78 is 25.9. The Morgan fingerprint density at radius 3 is 2.45 bits per heavy atom. The Kier molecular flexibility index (Phi) is 3.58. The van der Waals surface area contributed by atoms with Gasteiger partial charge in [0.2, 0.25) is 5.91 Å². The van der Waals surface area contributed by atoms with Gasteiger partial charge in [-0.05, 0) is 35.9 Å². The average molecular weight is 337 g/mol. The molecule has 1 aliphatic heterocycles. The van der Waals surface area contributed by atoms with Gasteiger partial charge >= 0.3 is 0 Å². The number of sulfone groups is 1. The van der Waals surface area contributed by atoms with E-state index in [4.69, 9.17) is 17.3 Å². The molecule has 0 radical (unpaired) electrons. The highest BCUT2D eigenvalue weighted by Crippen LogP contribution is 2.43. The summed E-state index contributed by atoms with van der Waals surface area (Å²) in [6, 6.07) is 11.8. The molecule has 0 unspecified atom stereocenters. The number of fused-ring (bicyclic) bond motifs is 1. The first kappa shape index (κ1) is 14.9. The molecule has 1 heterocycles. The SMILES string of the molecule is NC(=O)[C@@H]1Nc2ccc(Cl)cc2[C@H]1S(=O)(=O)c1ccccc1. The highest BCUT2D eigenvalue weighted by atomic mass is 35.5. The molecule has 0 bridgehead atoms. The topological polar surface area (TPSA) is 89.3 Å². The van der Waals surface area contributed by atoms with Crippen molar-refractivity contribution in [3.63, 3.8) is 0 Å². The van der Waals surface area contributed by atoms with E-state index in [1.807, 2.05) is 0 Å². The maximum absolute atomic E-state index is 12.9. The fourth-order valence-corrected chi connectivity index (χ4v) is 4.75. The van der Waals surface area contributed by atoms with Crippen LogP contribution in [-0.4, -0.2) is 20.4 Å². The van der Waals surface area contributed by atoms with E-state index in [0.29, 0.717) is 16.3 Å². The van der Waals surface area contributed by atoms with E-state index in [1.165, 1.54) is 12.1 Å². The van der Waals surface area contributed by atoms with Crippen LogP contribution < -0.4 is 11.1 Å². The minimum absolute atomic E-state index is 0.140. The third-order valence-corrected chi connectivity index (χ3v) is 6.01. The largest absolute Gasteiger partial charge is 0.372 e. The zero-order chi connectivity index (χ0) is 15.9. The summed E-state index contributed by atoms with van der Waals surface area (Å²) in [7, 11) is -3.79. The van der Waals surface area contributed by atoms with E-state index in [-0.39, 0.29) is 4.90 Å². The summed E-state index contributed by atoms with van der Waals surface area (Å²) in [5, 5.41) is 2.18. The molecular weight excluding hydrogens is 324 g/mol. The maximum Gasteiger partial charge on any atom is 0.241 e. The second-order valence-corrected chi connectivity index (χ2v) is 7.54. The number of nitrogens with one attached hydrogen (secondary N) is 1. The number of primary amides is 1. The van der Waals surface area contributed by atoms with Crippen molar-refractivity contribution in [3.05, 3.63) is 59.1 Å². The number of amides is 1. The second kappa shape index (κ2) is 5.30. The van der Waals surface area contributed by atoms with Crippen LogP contribution in [0.15, 0.2) is 53.4 Å². The van der Waals surface area contributed by atoms with Gasteiger partial charge in [0.05, 0.1) is 4.90 Å². The van der Waals surface area contributed by atoms with Crippen molar-refractivity contribution in [2.45, 2.75) is 16.2 Å². The number of benzene rings is 2. The fraction of sp³-hybridized carbons (Fsp3) is 0.133. The van der Waals surface area contributed by atoms with Gasteiger partial charge in [-0.25, -0.2) is 8.42 Å². The lowest BCUT2D eigenvalue weighted by atomic mass is 10.1. The molecule has 7 heteroatoms. The van der Waals surface area contributed by atoms with Crippen molar-refractivity contribution >= 4 is 33.0 Å². The molecule has 2 atom stereocenters. The maximum atomic E-state index is 12.9. The van der Waals surface area contributed by atoms with E-state index in [1.54, 1.807) is 36.4 Å². The molecule has 0 fully saturated rings. The van der Waals surface area contributed by atoms with Crippen LogP contribution in [0.4, 0.5) is 5.69 Å². The van der Waals surface area contributed by atoms with E-state index < -0.39 is 27.0 Å². The molecule has 0 saturated carbocycles. The lowest BCUT2D eigenvalue weighted by Crippen LogP contribution is -2.39. The van der Waals surface area contributed by atoms with Gasteiger partial charge in [-0.1, -0.05) is 29.8 Å². The predicted octanol–water partition coefficient (Wildman–Crippen LogP) is 2.13. The molecule has 5 nitrogen and oxygen atoms in total. The van der Waals surface area contributed by atoms with Gasteiger partial charge in [0.15, 0.2) is 9.84 Å². The average Bonchev–Trinajstić information content (AvgIpc) is 2.87. The standard InChI is InChI=1S/C15H13ClN2O3S/c16-9-6-7-12-11(8-9)14(13(18-12)15(17)19)22(20,21)10-4-2-1-3-5-10/h1-8,13-14,18H,(H2,17,19)/t13-,14-/m1/s1. The van der Waals surface area contributed by atoms with Crippen LogP contribution in [0.1, 0.15) is 10.8 Å². The zero-order valence-electron chi connectivity index (χ0n) is 11.4. The second-order valence-electron chi connectivity index (χ2n) is 5.03. The van der Waals surface area contributed by atoms with Crippen LogP contribution >= 0.6 is 11.6 Å². The lowest BCUT2D eigenvalue weighted by Gasteiger charge is -2.18. The quantitative estimate of drug-likeness (QED) is 0.898. The number of halogens is 1. The fourth-order valence-electron chi connectivity index (χ4n) is 2.65. The highest BCUT2D eigenvalue weighted by molar-refractivity contribution is 7.91. The van der Waals surface area contributed by atoms with E-state index >= 15 is 0 Å². The molecule has 0 aromatic heterocycles. The summed E-state index contributed by atoms with van der Waals surface area (Å²) in [6.07, 6.45) is 0. The van der Waals surface area contributed by atoms with Crippen molar-refractivity contribution in [1.29, 1.82) is 0 Å². The molecule has 1 aliphatic rings. The van der Waals surface area contributed by atoms with Crippen molar-refractivity contribution in [1.82, 2.24) is 0 Å². The van der Waals surface area contributed by atoms with Gasteiger partial charge in [0.1, 0.15) is 11.3 Å². The summed E-state index contributed by atoms with van der Waals surface area (Å²) in [4.78, 5) is 11.8. The number of anilines is 1. The molecule has 0 aliphatic carbocycles. The van der Waals surface area contributed by atoms with Gasteiger partial charge in [0, 0.05) is 10.7 Å². The summed E-state index contributed by atoms with van der Waals surface area (Å²) >= 11 is 5.97. The Labute approximate surface area is 133 Å². The monoisotopic (exact) mass is 336 g/mol. The summed E-state index contributed by atoms with van der Waals surface area (Å²) in [5.41, 5.74) is 6.39. The van der Waals surface area contributed by atoms with Gasteiger partial charge in [-0.15, -0.1) is 0 Å². The number of carbonyl (C=O) groups is 1. The van der Waals surface area contributed by atoms with Crippen molar-refractivity contribution in [3.8, 4) is 0 Å². The molecule has 2 aromatic carbocycles. The van der Waals surface area contributed by atoms with Crippen molar-refractivity contribution in [2.75, 3.05) is 5.32 Å². The van der Waals surface area contributed by atoms with Crippen LogP contribution in [0.5, 0.6) is 0 Å². The molecule has 114 valence electrons. The molecule has 3 rings (SSSR count). The lowest BCUT2D eigenvalue weighted by molar-refractivity contribution is -0.118. The van der Waals surface area contributed by atoms with Crippen LogP contribution in [0.3, 0.4) is 0 Å².